The first-order valence-corrected chi connectivity index (χ1v) is 15.0. The van der Waals surface area contributed by atoms with E-state index in [0.717, 1.165) is 27.2 Å². The molecule has 0 bridgehead atoms. The van der Waals surface area contributed by atoms with Crippen molar-refractivity contribution >= 4 is 35.9 Å². The molecule has 2 aromatic carbocycles. The Morgan fingerprint density at radius 2 is 1.54 bits per heavy atom. The lowest BCUT2D eigenvalue weighted by Crippen LogP contribution is -2.53. The molecule has 0 spiro atoms. The molecule has 5 amide bonds. The molecule has 2 saturated heterocycles. The number of aliphatic hydroxyl groups is 1. The maximum absolute atomic E-state index is 13.5. The molecule has 3 atom stereocenters. The summed E-state index contributed by atoms with van der Waals surface area (Å²) in [5.41, 5.74) is 3.28. The van der Waals surface area contributed by atoms with Crippen LogP contribution in [0.3, 0.4) is 0 Å². The number of ether oxygens (including phenoxy) is 2. The summed E-state index contributed by atoms with van der Waals surface area (Å²) in [5.74, 6) is -3.79. The van der Waals surface area contributed by atoms with Crippen molar-refractivity contribution in [1.82, 2.24) is 20.6 Å². The summed E-state index contributed by atoms with van der Waals surface area (Å²) >= 11 is 0. The number of nitrogens with zero attached hydrogens (tertiary/aromatic N) is 2. The normalized spacial score (nSPS) is 19.7. The summed E-state index contributed by atoms with van der Waals surface area (Å²) in [7, 11) is 0. The average Bonchev–Trinajstić information content (AvgIpc) is 3.67. The molecule has 0 radical (unpaired) electrons. The van der Waals surface area contributed by atoms with Gasteiger partial charge in [0.05, 0.1) is 12.6 Å². The summed E-state index contributed by atoms with van der Waals surface area (Å²) in [6.07, 6.45) is -1.91. The van der Waals surface area contributed by atoms with Crippen LogP contribution in [0.5, 0.6) is 0 Å². The summed E-state index contributed by atoms with van der Waals surface area (Å²) < 4.78 is 11.1. The molecular formula is C32H36N4O10. The van der Waals surface area contributed by atoms with E-state index < -0.39 is 66.2 Å². The molecule has 3 unspecified atom stereocenters. The van der Waals surface area contributed by atoms with Crippen molar-refractivity contribution in [2.45, 2.75) is 69.7 Å². The lowest BCUT2D eigenvalue weighted by atomic mass is 9.98. The van der Waals surface area contributed by atoms with E-state index in [1.54, 1.807) is 20.8 Å². The maximum Gasteiger partial charge on any atom is 0.410 e. The summed E-state index contributed by atoms with van der Waals surface area (Å²) in [4.78, 5) is 81.9. The van der Waals surface area contributed by atoms with Crippen molar-refractivity contribution < 1.29 is 48.2 Å². The highest BCUT2D eigenvalue weighted by Gasteiger charge is 2.44. The van der Waals surface area contributed by atoms with E-state index in [1.807, 2.05) is 48.5 Å². The van der Waals surface area contributed by atoms with Gasteiger partial charge in [-0.2, -0.15) is 0 Å². The van der Waals surface area contributed by atoms with E-state index in [-0.39, 0.29) is 38.3 Å². The number of amides is 5. The van der Waals surface area contributed by atoms with Gasteiger partial charge in [0, 0.05) is 25.3 Å². The van der Waals surface area contributed by atoms with Crippen molar-refractivity contribution in [2.24, 2.45) is 0 Å². The highest BCUT2D eigenvalue weighted by atomic mass is 16.7. The molecule has 5 rings (SSSR count). The van der Waals surface area contributed by atoms with Crippen LogP contribution in [-0.4, -0.2) is 94.4 Å². The number of hydrogen-bond donors (Lipinski definition) is 3. The number of rotatable bonds is 8. The number of fused-ring (bicyclic) bond motifs is 3. The van der Waals surface area contributed by atoms with Gasteiger partial charge in [-0.1, -0.05) is 48.5 Å². The zero-order chi connectivity index (χ0) is 33.2. The third-order valence-corrected chi connectivity index (χ3v) is 7.87. The molecular weight excluding hydrogens is 600 g/mol. The van der Waals surface area contributed by atoms with Gasteiger partial charge in [-0.3, -0.25) is 19.3 Å². The van der Waals surface area contributed by atoms with E-state index in [4.69, 9.17) is 14.3 Å². The Labute approximate surface area is 264 Å². The van der Waals surface area contributed by atoms with Gasteiger partial charge in [-0.05, 0) is 49.4 Å². The smallest absolute Gasteiger partial charge is 0.410 e. The van der Waals surface area contributed by atoms with E-state index in [9.17, 15) is 33.9 Å². The van der Waals surface area contributed by atoms with Gasteiger partial charge >= 0.3 is 18.2 Å². The van der Waals surface area contributed by atoms with Crippen molar-refractivity contribution in [3.63, 3.8) is 0 Å². The van der Waals surface area contributed by atoms with Crippen molar-refractivity contribution in [2.75, 3.05) is 19.8 Å². The van der Waals surface area contributed by atoms with Crippen LogP contribution in [-0.2, 0) is 33.5 Å². The Balaban J connectivity index is 1.30. The number of alkyl carbamates (subject to hydrolysis) is 1. The van der Waals surface area contributed by atoms with Crippen LogP contribution in [0.2, 0.25) is 0 Å². The second-order valence-corrected chi connectivity index (χ2v) is 12.3. The minimum absolute atomic E-state index is 0.0225. The first kappa shape index (κ1) is 32.4. The first-order valence-electron chi connectivity index (χ1n) is 15.0. The Morgan fingerprint density at radius 3 is 2.11 bits per heavy atom. The van der Waals surface area contributed by atoms with E-state index in [0.29, 0.717) is 5.06 Å². The van der Waals surface area contributed by atoms with Crippen LogP contribution in [0, 0.1) is 0 Å². The van der Waals surface area contributed by atoms with Gasteiger partial charge in [0.25, 0.3) is 11.8 Å². The molecule has 2 aromatic rings. The van der Waals surface area contributed by atoms with Gasteiger partial charge in [-0.25, -0.2) is 14.4 Å². The minimum Gasteiger partial charge on any atom is -0.448 e. The average molecular weight is 637 g/mol. The standard InChI is InChI=1S/C32H36N4O10/c1-32(2,3)45-30(42)33-18-14-25(28(40)34-24(16-37)29(41)46-36-26(38)12-13-27(36)39)35(15-18)31(43)44-17-23-21-10-6-4-8-19(21)20-9-5-7-11-22(20)23/h4-11,18,23-25,37H,12-17H2,1-3H3,(H,33,42)(H,34,40). The van der Waals surface area contributed by atoms with Gasteiger partial charge in [0.1, 0.15) is 18.2 Å². The number of hydroxylamine groups is 2. The molecule has 2 fully saturated rings. The number of benzene rings is 2. The number of hydrogen-bond acceptors (Lipinski definition) is 10. The number of imide groups is 1. The molecule has 3 N–H and O–H groups in total. The first-order chi connectivity index (χ1) is 21.9. The highest BCUT2D eigenvalue weighted by Crippen LogP contribution is 2.44. The third-order valence-electron chi connectivity index (χ3n) is 7.87. The molecule has 1 aliphatic carbocycles. The summed E-state index contributed by atoms with van der Waals surface area (Å²) in [5, 5.41) is 15.1. The van der Waals surface area contributed by atoms with Crippen LogP contribution >= 0.6 is 0 Å². The maximum atomic E-state index is 13.5. The zero-order valence-electron chi connectivity index (χ0n) is 25.7. The van der Waals surface area contributed by atoms with Crippen LogP contribution in [0.15, 0.2) is 48.5 Å². The Bertz CT molecular complexity index is 1490. The second-order valence-electron chi connectivity index (χ2n) is 12.3. The molecule has 46 heavy (non-hydrogen) atoms. The molecule has 2 aliphatic heterocycles. The van der Waals surface area contributed by atoms with Gasteiger partial charge < -0.3 is 30.1 Å². The lowest BCUT2D eigenvalue weighted by Gasteiger charge is -2.26. The van der Waals surface area contributed by atoms with E-state index >= 15 is 0 Å². The lowest BCUT2D eigenvalue weighted by molar-refractivity contribution is -0.199. The molecule has 0 aromatic heterocycles. The number of carbonyl (C=O) groups is 6. The molecule has 14 heteroatoms. The van der Waals surface area contributed by atoms with Crippen LogP contribution in [0.1, 0.15) is 57.1 Å². The van der Waals surface area contributed by atoms with Crippen LogP contribution in [0.25, 0.3) is 11.1 Å². The molecule has 2 heterocycles. The van der Waals surface area contributed by atoms with Gasteiger partial charge in [0.15, 0.2) is 6.04 Å². The molecule has 3 aliphatic rings. The number of likely N-dealkylation sites (tertiary alicyclic amines) is 1. The second kappa shape index (κ2) is 13.2. The van der Waals surface area contributed by atoms with E-state index in [2.05, 4.69) is 10.6 Å². The predicted octanol–water partition coefficient (Wildman–Crippen LogP) is 1.99. The fourth-order valence-electron chi connectivity index (χ4n) is 5.80. The number of nitrogens with one attached hydrogen (secondary N) is 2. The quantitative estimate of drug-likeness (QED) is 0.363. The van der Waals surface area contributed by atoms with E-state index in [1.165, 1.54) is 0 Å². The largest absolute Gasteiger partial charge is 0.448 e. The monoisotopic (exact) mass is 636 g/mol. The van der Waals surface area contributed by atoms with Crippen molar-refractivity contribution in [3.8, 4) is 11.1 Å². The Hall–Kier alpha value is -4.98. The molecule has 0 saturated carbocycles. The van der Waals surface area contributed by atoms with Crippen LogP contribution in [0.4, 0.5) is 9.59 Å². The number of aliphatic hydroxyl groups excluding tert-OH is 1. The third kappa shape index (κ3) is 6.96. The number of carbonyl (C=O) groups excluding carboxylic acids is 6. The SMILES string of the molecule is CC(C)(C)OC(=O)NC1CC(C(=O)NC(CO)C(=O)ON2C(=O)CCC2=O)N(C(=O)OCC2c3ccccc3-c3ccccc32)C1. The van der Waals surface area contributed by atoms with Crippen LogP contribution < -0.4 is 10.6 Å². The predicted molar refractivity (Wildman–Crippen MR) is 160 cm³/mol. The highest BCUT2D eigenvalue weighted by molar-refractivity contribution is 6.02. The molecule has 14 nitrogen and oxygen atoms in total. The van der Waals surface area contributed by atoms with Gasteiger partial charge in [0.2, 0.25) is 5.91 Å². The topological polar surface area (TPSA) is 181 Å². The Kier molecular flexibility index (Phi) is 9.28. The molecule has 244 valence electrons. The summed E-state index contributed by atoms with van der Waals surface area (Å²) in [6.45, 7) is 4.02. The summed E-state index contributed by atoms with van der Waals surface area (Å²) in [6, 6.07) is 12.0. The minimum atomic E-state index is -1.66. The van der Waals surface area contributed by atoms with Gasteiger partial charge in [-0.15, -0.1) is 5.06 Å². The zero-order valence-corrected chi connectivity index (χ0v) is 25.7. The fourth-order valence-corrected chi connectivity index (χ4v) is 5.80. The van der Waals surface area contributed by atoms with Crippen molar-refractivity contribution in [3.05, 3.63) is 59.7 Å². The Morgan fingerprint density at radius 1 is 0.957 bits per heavy atom. The fraction of sp³-hybridized carbons (Fsp3) is 0.438. The van der Waals surface area contributed by atoms with Crippen molar-refractivity contribution in [1.29, 1.82) is 0 Å².